The van der Waals surface area contributed by atoms with E-state index in [1.54, 1.807) is 20.8 Å². The Labute approximate surface area is 152 Å². The Morgan fingerprint density at radius 2 is 0.773 bits per heavy atom. The van der Waals surface area contributed by atoms with Crippen molar-refractivity contribution in [2.75, 3.05) is 0 Å². The Bertz CT molecular complexity index is 259. The van der Waals surface area contributed by atoms with Gasteiger partial charge in [-0.1, -0.05) is 41.5 Å². The van der Waals surface area contributed by atoms with E-state index in [4.69, 9.17) is 0 Å². The molecule has 0 fully saturated rings. The van der Waals surface area contributed by atoms with Crippen molar-refractivity contribution in [3.8, 4) is 0 Å². The molecular formula is C15H27BiO6. The molecule has 2 radical (unpaired) electrons. The van der Waals surface area contributed by atoms with Gasteiger partial charge < -0.3 is 29.7 Å². The second-order valence-corrected chi connectivity index (χ2v) is 4.88. The molecule has 0 bridgehead atoms. The molecule has 6 nitrogen and oxygen atoms in total. The molecule has 0 aromatic carbocycles. The molecule has 7 heteroatoms. The van der Waals surface area contributed by atoms with Crippen LogP contribution < -0.4 is 15.3 Å². The van der Waals surface area contributed by atoms with Crippen LogP contribution in [0.3, 0.4) is 0 Å². The van der Waals surface area contributed by atoms with Gasteiger partial charge in [0.15, 0.2) is 0 Å². The standard InChI is InChI=1S/3C5H10O2.Bi/c3*1-3-4(2)5(6)7;/h3*4H,3H2,1-2H3,(H,6,7);/q;;;+3/p-3. The van der Waals surface area contributed by atoms with Crippen LogP contribution in [0.5, 0.6) is 0 Å². The van der Waals surface area contributed by atoms with Crippen LogP contribution in [0.1, 0.15) is 60.8 Å². The molecule has 0 aliphatic rings. The Hall–Kier alpha value is -0.707. The molecule has 3 unspecified atom stereocenters. The number of rotatable bonds is 6. The molecule has 0 rings (SSSR count). The minimum atomic E-state index is -0.956. The number of hydrogen-bond donors (Lipinski definition) is 0. The zero-order valence-electron chi connectivity index (χ0n) is 14.3. The maximum absolute atomic E-state index is 9.82. The second-order valence-electron chi connectivity index (χ2n) is 4.88. The predicted molar refractivity (Wildman–Crippen MR) is 79.1 cm³/mol. The monoisotopic (exact) mass is 512 g/mol. The number of hydrogen-bond acceptors (Lipinski definition) is 6. The summed E-state index contributed by atoms with van der Waals surface area (Å²) in [6, 6.07) is 0. The van der Waals surface area contributed by atoms with Crippen LogP contribution in [0.15, 0.2) is 0 Å². The smallest absolute Gasteiger partial charge is 0.550 e. The van der Waals surface area contributed by atoms with E-state index in [1.807, 2.05) is 20.8 Å². The van der Waals surface area contributed by atoms with Crippen LogP contribution >= 0.6 is 0 Å². The predicted octanol–water partition coefficient (Wildman–Crippen LogP) is -1.03. The summed E-state index contributed by atoms with van der Waals surface area (Å²) in [7, 11) is 0. The maximum atomic E-state index is 9.82. The normalized spacial score (nSPS) is 12.8. The third-order valence-corrected chi connectivity index (χ3v) is 3.04. The number of carbonyl (C=O) groups excluding carboxylic acids is 3. The molecule has 0 aliphatic heterocycles. The third-order valence-electron chi connectivity index (χ3n) is 3.04. The van der Waals surface area contributed by atoms with E-state index in [2.05, 4.69) is 0 Å². The van der Waals surface area contributed by atoms with Gasteiger partial charge in [-0.2, -0.15) is 0 Å². The summed E-state index contributed by atoms with van der Waals surface area (Å²) in [4.78, 5) is 29.5. The van der Waals surface area contributed by atoms with E-state index >= 15 is 0 Å². The molecule has 22 heavy (non-hydrogen) atoms. The van der Waals surface area contributed by atoms with Crippen molar-refractivity contribution in [2.24, 2.45) is 17.8 Å². The summed E-state index contributed by atoms with van der Waals surface area (Å²) in [5.41, 5.74) is 0. The minimum absolute atomic E-state index is 0. The third kappa shape index (κ3) is 21.6. The van der Waals surface area contributed by atoms with Crippen LogP contribution in [-0.2, 0) is 14.4 Å². The van der Waals surface area contributed by atoms with E-state index in [-0.39, 0.29) is 44.0 Å². The van der Waals surface area contributed by atoms with E-state index in [9.17, 15) is 29.7 Å². The van der Waals surface area contributed by atoms with Crippen molar-refractivity contribution in [3.05, 3.63) is 0 Å². The summed E-state index contributed by atoms with van der Waals surface area (Å²) in [6.45, 7) is 10.4. The number of carboxylic acids is 3. The minimum Gasteiger partial charge on any atom is -0.550 e. The van der Waals surface area contributed by atoms with E-state index in [0.717, 1.165) is 0 Å². The molecule has 0 heterocycles. The van der Waals surface area contributed by atoms with Gasteiger partial charge in [-0.05, 0) is 37.0 Å². The van der Waals surface area contributed by atoms with E-state index < -0.39 is 17.9 Å². The van der Waals surface area contributed by atoms with Crippen molar-refractivity contribution >= 4 is 44.1 Å². The first-order chi connectivity index (χ1) is 9.54. The van der Waals surface area contributed by atoms with Crippen LogP contribution in [0.25, 0.3) is 0 Å². The fraction of sp³-hybridized carbons (Fsp3) is 0.800. The first-order valence-corrected chi connectivity index (χ1v) is 7.17. The van der Waals surface area contributed by atoms with Crippen molar-refractivity contribution in [1.29, 1.82) is 0 Å². The topological polar surface area (TPSA) is 120 Å². The van der Waals surface area contributed by atoms with Gasteiger partial charge in [0.05, 0.1) is 0 Å². The quantitative estimate of drug-likeness (QED) is 0.420. The average Bonchev–Trinajstić information content (AvgIpc) is 2.45. The maximum Gasteiger partial charge on any atom is 3.00 e. The molecule has 0 saturated carbocycles. The Morgan fingerprint density at radius 3 is 0.773 bits per heavy atom. The fourth-order valence-electron chi connectivity index (χ4n) is 0.500. The molecule has 0 aromatic heterocycles. The van der Waals surface area contributed by atoms with Crippen LogP contribution in [-0.4, -0.2) is 44.1 Å². The number of aliphatic carboxylic acids is 3. The first kappa shape index (κ1) is 29.3. The van der Waals surface area contributed by atoms with Gasteiger partial charge in [0.1, 0.15) is 0 Å². The molecule has 0 aromatic rings. The molecule has 0 amide bonds. The largest absolute Gasteiger partial charge is 3.00 e. The van der Waals surface area contributed by atoms with E-state index in [0.29, 0.717) is 19.3 Å². The summed E-state index contributed by atoms with van der Waals surface area (Å²) in [6.07, 6.45) is 1.97. The van der Waals surface area contributed by atoms with E-state index in [1.165, 1.54) is 0 Å². The SMILES string of the molecule is CCC(C)C(=O)[O-].CCC(C)C(=O)[O-].CCC(C)C(=O)[O-].[Bi+3]. The van der Waals surface area contributed by atoms with Crippen molar-refractivity contribution in [2.45, 2.75) is 60.8 Å². The Kier molecular flexibility index (Phi) is 24.4. The Morgan fingerprint density at radius 1 is 0.636 bits per heavy atom. The zero-order chi connectivity index (χ0) is 17.6. The van der Waals surface area contributed by atoms with Gasteiger partial charge in [-0.25, -0.2) is 0 Å². The van der Waals surface area contributed by atoms with Gasteiger partial charge in [-0.3, -0.25) is 0 Å². The summed E-state index contributed by atoms with van der Waals surface area (Å²) in [5, 5.41) is 29.5. The zero-order valence-corrected chi connectivity index (χ0v) is 17.7. The second kappa shape index (κ2) is 18.3. The van der Waals surface area contributed by atoms with Crippen molar-refractivity contribution in [3.63, 3.8) is 0 Å². The van der Waals surface area contributed by atoms with Crippen molar-refractivity contribution in [1.82, 2.24) is 0 Å². The molecule has 0 spiro atoms. The summed E-state index contributed by atoms with van der Waals surface area (Å²) < 4.78 is 0. The summed E-state index contributed by atoms with van der Waals surface area (Å²) in [5.74, 6) is -3.74. The number of carbonyl (C=O) groups is 3. The average molecular weight is 512 g/mol. The molecule has 3 atom stereocenters. The molecule has 0 N–H and O–H groups in total. The summed E-state index contributed by atoms with van der Waals surface area (Å²) >= 11 is 0. The number of carboxylic acid groups (broad SMARTS) is 3. The molecule has 0 aliphatic carbocycles. The van der Waals surface area contributed by atoms with Gasteiger partial charge >= 0.3 is 26.2 Å². The first-order valence-electron chi connectivity index (χ1n) is 7.17. The van der Waals surface area contributed by atoms with Crippen LogP contribution in [0.2, 0.25) is 0 Å². The Balaban J connectivity index is -0.000000108. The van der Waals surface area contributed by atoms with Gasteiger partial charge in [0.2, 0.25) is 0 Å². The van der Waals surface area contributed by atoms with Gasteiger partial charge in [-0.15, -0.1) is 0 Å². The molecular weight excluding hydrogens is 485 g/mol. The van der Waals surface area contributed by atoms with Crippen molar-refractivity contribution < 1.29 is 29.7 Å². The fourth-order valence-corrected chi connectivity index (χ4v) is 0.500. The van der Waals surface area contributed by atoms with Crippen LogP contribution in [0, 0.1) is 17.8 Å². The van der Waals surface area contributed by atoms with Crippen LogP contribution in [0.4, 0.5) is 0 Å². The molecule has 0 saturated heterocycles. The molecule has 128 valence electrons. The van der Waals surface area contributed by atoms with Gasteiger partial charge in [0, 0.05) is 17.9 Å². The van der Waals surface area contributed by atoms with Gasteiger partial charge in [0.25, 0.3) is 0 Å².